The summed E-state index contributed by atoms with van der Waals surface area (Å²) < 4.78 is 2.02. The molecule has 3 heterocycles. The quantitative estimate of drug-likeness (QED) is 0.845. The van der Waals surface area contributed by atoms with Gasteiger partial charge in [0.25, 0.3) is 0 Å². The Hall–Kier alpha value is -1.17. The maximum Gasteiger partial charge on any atom is 0.129 e. The Morgan fingerprint density at radius 3 is 2.96 bits per heavy atom. The van der Waals surface area contributed by atoms with Crippen molar-refractivity contribution >= 4 is 29.2 Å². The Morgan fingerprint density at radius 1 is 1.33 bits per heavy atom. The Balaban J connectivity index is 1.85. The summed E-state index contributed by atoms with van der Waals surface area (Å²) in [4.78, 5) is 0. The van der Waals surface area contributed by atoms with Crippen molar-refractivity contribution in [3.05, 3.63) is 45.6 Å². The van der Waals surface area contributed by atoms with E-state index in [1.54, 1.807) is 0 Å². The van der Waals surface area contributed by atoms with Crippen LogP contribution in [0.25, 0.3) is 0 Å². The maximum absolute atomic E-state index is 6.18. The van der Waals surface area contributed by atoms with Crippen LogP contribution in [0.3, 0.4) is 0 Å². The fourth-order valence-corrected chi connectivity index (χ4v) is 5.34. The molecule has 2 aliphatic rings. The zero-order chi connectivity index (χ0) is 16.7. The minimum Gasteiger partial charge on any atom is -0.369 e. The molecule has 1 aromatic heterocycles. The Kier molecular flexibility index (Phi) is 4.50. The van der Waals surface area contributed by atoms with Gasteiger partial charge in [-0.25, -0.2) is 0 Å². The molecular formula is C18H23ClN4S. The SMILES string of the molecule is Cc1cc(Cl)ccc1C1SCCNc2c1c([C@@H]1CCCN1)nn2C. The van der Waals surface area contributed by atoms with Crippen LogP contribution in [0.1, 0.15) is 46.5 Å². The summed E-state index contributed by atoms with van der Waals surface area (Å²) in [5.74, 6) is 2.25. The van der Waals surface area contributed by atoms with Crippen LogP contribution in [-0.2, 0) is 7.05 Å². The Bertz CT molecular complexity index is 752. The van der Waals surface area contributed by atoms with Crippen LogP contribution in [0.5, 0.6) is 0 Å². The summed E-state index contributed by atoms with van der Waals surface area (Å²) in [6.07, 6.45) is 2.39. The van der Waals surface area contributed by atoms with Crippen LogP contribution in [0.2, 0.25) is 5.02 Å². The van der Waals surface area contributed by atoms with E-state index < -0.39 is 0 Å². The zero-order valence-electron chi connectivity index (χ0n) is 14.1. The number of rotatable bonds is 2. The lowest BCUT2D eigenvalue weighted by atomic mass is 9.97. The van der Waals surface area contributed by atoms with Gasteiger partial charge in [-0.1, -0.05) is 17.7 Å². The number of aryl methyl sites for hydroxylation is 2. The highest BCUT2D eigenvalue weighted by Gasteiger charge is 2.33. The predicted octanol–water partition coefficient (Wildman–Crippen LogP) is 4.05. The second kappa shape index (κ2) is 6.62. The third kappa shape index (κ3) is 2.83. The molecule has 2 aromatic rings. The van der Waals surface area contributed by atoms with Crippen LogP contribution in [-0.4, -0.2) is 28.6 Å². The fourth-order valence-electron chi connectivity index (χ4n) is 3.81. The summed E-state index contributed by atoms with van der Waals surface area (Å²) >= 11 is 8.18. The first-order valence-corrected chi connectivity index (χ1v) is 9.99. The molecule has 1 fully saturated rings. The first kappa shape index (κ1) is 16.3. The number of thioether (sulfide) groups is 1. The van der Waals surface area contributed by atoms with Gasteiger partial charge in [0.05, 0.1) is 17.0 Å². The smallest absolute Gasteiger partial charge is 0.129 e. The van der Waals surface area contributed by atoms with Gasteiger partial charge in [0.15, 0.2) is 0 Å². The van der Waals surface area contributed by atoms with Gasteiger partial charge in [-0.15, -0.1) is 11.8 Å². The van der Waals surface area contributed by atoms with Gasteiger partial charge in [0.1, 0.15) is 5.82 Å². The predicted molar refractivity (Wildman–Crippen MR) is 102 cm³/mol. The van der Waals surface area contributed by atoms with Crippen molar-refractivity contribution in [2.75, 3.05) is 24.2 Å². The number of aromatic nitrogens is 2. The monoisotopic (exact) mass is 362 g/mol. The van der Waals surface area contributed by atoms with Gasteiger partial charge in [-0.05, 0) is 49.6 Å². The molecule has 0 saturated carbocycles. The highest BCUT2D eigenvalue weighted by atomic mass is 35.5. The summed E-state index contributed by atoms with van der Waals surface area (Å²) in [6, 6.07) is 6.63. The average molecular weight is 363 g/mol. The molecule has 4 nitrogen and oxygen atoms in total. The van der Waals surface area contributed by atoms with Gasteiger partial charge in [-0.3, -0.25) is 4.68 Å². The van der Waals surface area contributed by atoms with E-state index in [1.807, 2.05) is 29.6 Å². The first-order valence-electron chi connectivity index (χ1n) is 8.57. The van der Waals surface area contributed by atoms with Crippen molar-refractivity contribution < 1.29 is 0 Å². The number of hydrogen-bond acceptors (Lipinski definition) is 4. The highest BCUT2D eigenvalue weighted by molar-refractivity contribution is 7.99. The van der Waals surface area contributed by atoms with Crippen LogP contribution >= 0.6 is 23.4 Å². The van der Waals surface area contributed by atoms with E-state index in [-0.39, 0.29) is 0 Å². The second-order valence-electron chi connectivity index (χ2n) is 6.60. The molecule has 128 valence electrons. The Morgan fingerprint density at radius 2 is 2.21 bits per heavy atom. The minimum atomic E-state index is 0.304. The van der Waals surface area contributed by atoms with Crippen LogP contribution < -0.4 is 10.6 Å². The van der Waals surface area contributed by atoms with E-state index in [4.69, 9.17) is 16.7 Å². The van der Waals surface area contributed by atoms with Crippen LogP contribution in [0.15, 0.2) is 18.2 Å². The molecule has 0 spiro atoms. The lowest BCUT2D eigenvalue weighted by Gasteiger charge is -2.20. The van der Waals surface area contributed by atoms with Crippen molar-refractivity contribution in [1.29, 1.82) is 0 Å². The topological polar surface area (TPSA) is 41.9 Å². The molecule has 0 radical (unpaired) electrons. The lowest BCUT2D eigenvalue weighted by Crippen LogP contribution is -2.16. The number of nitrogens with one attached hydrogen (secondary N) is 2. The molecule has 0 amide bonds. The van der Waals surface area contributed by atoms with Crippen molar-refractivity contribution in [2.45, 2.75) is 31.1 Å². The Labute approximate surface area is 152 Å². The van der Waals surface area contributed by atoms with Crippen molar-refractivity contribution in [1.82, 2.24) is 15.1 Å². The summed E-state index contributed by atoms with van der Waals surface area (Å²) in [6.45, 7) is 4.21. The molecule has 1 unspecified atom stereocenters. The lowest BCUT2D eigenvalue weighted by molar-refractivity contribution is 0.603. The van der Waals surface area contributed by atoms with E-state index in [2.05, 4.69) is 29.7 Å². The molecule has 0 bridgehead atoms. The molecule has 2 aliphatic heterocycles. The zero-order valence-corrected chi connectivity index (χ0v) is 15.7. The molecule has 2 atom stereocenters. The van der Waals surface area contributed by atoms with Crippen molar-refractivity contribution in [3.8, 4) is 0 Å². The van der Waals surface area contributed by atoms with E-state index in [0.717, 1.165) is 23.9 Å². The molecule has 2 N–H and O–H groups in total. The van der Waals surface area contributed by atoms with Crippen LogP contribution in [0, 0.1) is 6.92 Å². The van der Waals surface area contributed by atoms with E-state index in [0.29, 0.717) is 11.3 Å². The fraction of sp³-hybridized carbons (Fsp3) is 0.500. The number of fused-ring (bicyclic) bond motifs is 1. The molecular weight excluding hydrogens is 340 g/mol. The summed E-state index contributed by atoms with van der Waals surface area (Å²) in [5.41, 5.74) is 5.17. The third-order valence-corrected chi connectivity index (χ3v) is 6.46. The normalized spacial score (nSPS) is 23.6. The molecule has 6 heteroatoms. The molecule has 24 heavy (non-hydrogen) atoms. The van der Waals surface area contributed by atoms with Crippen molar-refractivity contribution in [3.63, 3.8) is 0 Å². The van der Waals surface area contributed by atoms with Gasteiger partial charge < -0.3 is 10.6 Å². The summed E-state index contributed by atoms with van der Waals surface area (Å²) in [5, 5.41) is 13.2. The van der Waals surface area contributed by atoms with E-state index in [9.17, 15) is 0 Å². The standard InChI is InChI=1S/C18H23ClN4S/c1-11-10-12(19)5-6-13(11)17-15-16(14-4-3-7-20-14)22-23(2)18(15)21-8-9-24-17/h5-6,10,14,17,20-21H,3-4,7-9H2,1-2H3/t14-,17?/m0/s1. The molecule has 1 saturated heterocycles. The van der Waals surface area contributed by atoms with Crippen LogP contribution in [0.4, 0.5) is 5.82 Å². The van der Waals surface area contributed by atoms with Crippen molar-refractivity contribution in [2.24, 2.45) is 7.05 Å². The number of anilines is 1. The van der Waals surface area contributed by atoms with E-state index >= 15 is 0 Å². The highest BCUT2D eigenvalue weighted by Crippen LogP contribution is 2.46. The summed E-state index contributed by atoms with van der Waals surface area (Å²) in [7, 11) is 2.05. The van der Waals surface area contributed by atoms with Gasteiger partial charge in [0.2, 0.25) is 0 Å². The van der Waals surface area contributed by atoms with Gasteiger partial charge >= 0.3 is 0 Å². The maximum atomic E-state index is 6.18. The molecule has 1 aromatic carbocycles. The third-order valence-electron chi connectivity index (χ3n) is 4.96. The van der Waals surface area contributed by atoms with Gasteiger partial charge in [0, 0.05) is 29.9 Å². The van der Waals surface area contributed by atoms with Gasteiger partial charge in [-0.2, -0.15) is 5.10 Å². The second-order valence-corrected chi connectivity index (χ2v) is 8.25. The first-order chi connectivity index (χ1) is 11.6. The largest absolute Gasteiger partial charge is 0.369 e. The number of halogens is 1. The number of benzene rings is 1. The van der Waals surface area contributed by atoms with E-state index in [1.165, 1.54) is 41.0 Å². The number of hydrogen-bond donors (Lipinski definition) is 2. The minimum absolute atomic E-state index is 0.304. The molecule has 0 aliphatic carbocycles. The average Bonchev–Trinajstić information content (AvgIpc) is 3.12. The molecule has 4 rings (SSSR count). The number of nitrogens with zero attached hydrogens (tertiary/aromatic N) is 2.